The molecule has 1 saturated heterocycles. The van der Waals surface area contributed by atoms with E-state index in [-0.39, 0.29) is 17.5 Å². The molecule has 0 N–H and O–H groups in total. The van der Waals surface area contributed by atoms with Crippen molar-refractivity contribution in [1.29, 1.82) is 0 Å². The molecular formula is C28H46NO3+. The van der Waals surface area contributed by atoms with Gasteiger partial charge in [-0.2, -0.15) is 0 Å². The van der Waals surface area contributed by atoms with Gasteiger partial charge in [-0.1, -0.05) is 13.8 Å². The minimum atomic E-state index is -0.0993. The van der Waals surface area contributed by atoms with Crippen LogP contribution < -0.4 is 0 Å². The van der Waals surface area contributed by atoms with Gasteiger partial charge in [-0.25, -0.2) is 0 Å². The molecule has 1 aliphatic heterocycles. The Balaban J connectivity index is 1.44. The number of ketones is 1. The quantitative estimate of drug-likeness (QED) is 0.433. The van der Waals surface area contributed by atoms with Gasteiger partial charge >= 0.3 is 5.97 Å². The summed E-state index contributed by atoms with van der Waals surface area (Å²) in [5, 5.41) is 0. The maximum atomic E-state index is 12.5. The average Bonchev–Trinajstić information content (AvgIpc) is 3.31. The number of hydrogen-bond donors (Lipinski definition) is 0. The lowest BCUT2D eigenvalue weighted by Gasteiger charge is -2.62. The van der Waals surface area contributed by atoms with E-state index in [1.165, 1.54) is 64.5 Å². The Kier molecular flexibility index (Phi) is 5.59. The molecular weight excluding hydrogens is 398 g/mol. The third-order valence-corrected chi connectivity index (χ3v) is 11.9. The predicted octanol–water partition coefficient (Wildman–Crippen LogP) is 5.38. The lowest BCUT2D eigenvalue weighted by Crippen LogP contribution is -2.64. The van der Waals surface area contributed by atoms with E-state index in [9.17, 15) is 9.59 Å². The van der Waals surface area contributed by atoms with Crippen LogP contribution in [0.5, 0.6) is 0 Å². The number of esters is 1. The topological polar surface area (TPSA) is 43.4 Å². The van der Waals surface area contributed by atoms with Crippen LogP contribution in [0.2, 0.25) is 0 Å². The summed E-state index contributed by atoms with van der Waals surface area (Å²) in [4.78, 5) is 24.5. The number of likely N-dealkylation sites (N-methyl/N-ethyl adjacent to an activating group) is 1. The number of rotatable bonds is 3. The molecule has 5 fully saturated rings. The third-order valence-electron chi connectivity index (χ3n) is 11.9. The number of fused-ring (bicyclic) bond motifs is 5. The van der Waals surface area contributed by atoms with Gasteiger partial charge in [0.15, 0.2) is 6.10 Å². The summed E-state index contributed by atoms with van der Waals surface area (Å²) in [6, 6.07) is 0.447. The molecule has 0 aromatic carbocycles. The molecule has 9 atom stereocenters. The zero-order valence-electron chi connectivity index (χ0n) is 21.2. The third kappa shape index (κ3) is 3.33. The van der Waals surface area contributed by atoms with Crippen LogP contribution in [0.25, 0.3) is 0 Å². The van der Waals surface area contributed by atoms with Gasteiger partial charge in [-0.05, 0) is 86.4 Å². The smallest absolute Gasteiger partial charge is 0.303 e. The number of quaternary nitrogens is 1. The summed E-state index contributed by atoms with van der Waals surface area (Å²) in [7, 11) is 2.44. The molecule has 0 amide bonds. The monoisotopic (exact) mass is 444 g/mol. The van der Waals surface area contributed by atoms with Gasteiger partial charge < -0.3 is 9.22 Å². The van der Waals surface area contributed by atoms with Gasteiger partial charge in [-0.15, -0.1) is 0 Å². The van der Waals surface area contributed by atoms with Crippen LogP contribution in [0.4, 0.5) is 0 Å². The Labute approximate surface area is 195 Å². The van der Waals surface area contributed by atoms with Crippen LogP contribution >= 0.6 is 0 Å². The number of carbonyl (C=O) groups is 2. The van der Waals surface area contributed by atoms with E-state index < -0.39 is 0 Å². The number of likely N-dealkylation sites (tertiary alicyclic amines) is 1. The van der Waals surface area contributed by atoms with E-state index in [1.54, 1.807) is 6.92 Å². The molecule has 4 saturated carbocycles. The first kappa shape index (κ1) is 22.9. The molecule has 0 aromatic heterocycles. The van der Waals surface area contributed by atoms with Crippen LogP contribution in [0.15, 0.2) is 0 Å². The van der Waals surface area contributed by atoms with E-state index in [1.807, 2.05) is 6.92 Å². The molecule has 5 aliphatic rings. The van der Waals surface area contributed by atoms with Gasteiger partial charge in [0, 0.05) is 32.1 Å². The largest absolute Gasteiger partial charge is 0.456 e. The van der Waals surface area contributed by atoms with Crippen molar-refractivity contribution in [3.63, 3.8) is 0 Å². The standard InChI is InChI=1S/C28H46NO3/c1-18(30)22-10-11-23-21-9-8-20-16-26(32-19(2)31)25(29(5)14-6-7-15-29)17-28(20,4)24(21)12-13-27(22,23)3/h20-26H,6-17H2,1-5H3/q+1/t20-,21-,22+,23-,24-,25-,26-,27+,28-/m0/s1. The van der Waals surface area contributed by atoms with Crippen molar-refractivity contribution < 1.29 is 18.8 Å². The molecule has 32 heavy (non-hydrogen) atoms. The fourth-order valence-corrected chi connectivity index (χ4v) is 10.3. The molecule has 4 aliphatic carbocycles. The van der Waals surface area contributed by atoms with Crippen molar-refractivity contribution >= 4 is 11.8 Å². The van der Waals surface area contributed by atoms with Crippen molar-refractivity contribution in [3.05, 3.63) is 0 Å². The first-order valence-electron chi connectivity index (χ1n) is 13.6. The highest BCUT2D eigenvalue weighted by Gasteiger charge is 2.63. The highest BCUT2D eigenvalue weighted by atomic mass is 16.5. The van der Waals surface area contributed by atoms with E-state index in [0.717, 1.165) is 35.1 Å². The van der Waals surface area contributed by atoms with Crippen molar-refractivity contribution in [3.8, 4) is 0 Å². The van der Waals surface area contributed by atoms with Crippen molar-refractivity contribution in [2.45, 2.75) is 104 Å². The van der Waals surface area contributed by atoms with Crippen LogP contribution in [-0.4, -0.2) is 48.5 Å². The number of Topliss-reactive ketones (excluding diaryl/α,β-unsaturated/α-hetero) is 1. The Bertz CT molecular complexity index is 773. The average molecular weight is 445 g/mol. The molecule has 1 heterocycles. The number of nitrogens with zero attached hydrogens (tertiary/aromatic N) is 1. The Hall–Kier alpha value is -0.900. The van der Waals surface area contributed by atoms with Crippen molar-refractivity contribution in [2.24, 2.45) is 40.4 Å². The van der Waals surface area contributed by atoms with Gasteiger partial charge in [0.1, 0.15) is 11.8 Å². The second kappa shape index (κ2) is 7.82. The summed E-state index contributed by atoms with van der Waals surface area (Å²) >= 11 is 0. The fourth-order valence-electron chi connectivity index (χ4n) is 10.3. The second-order valence-electron chi connectivity index (χ2n) is 13.2. The lowest BCUT2D eigenvalue weighted by atomic mass is 9.44. The maximum Gasteiger partial charge on any atom is 0.303 e. The molecule has 0 aromatic rings. The van der Waals surface area contributed by atoms with Gasteiger partial charge in [0.2, 0.25) is 0 Å². The fraction of sp³-hybridized carbons (Fsp3) is 0.929. The highest BCUT2D eigenvalue weighted by molar-refractivity contribution is 5.79. The van der Waals surface area contributed by atoms with E-state index in [2.05, 4.69) is 20.9 Å². The molecule has 180 valence electrons. The first-order valence-corrected chi connectivity index (χ1v) is 13.6. The molecule has 4 heteroatoms. The van der Waals surface area contributed by atoms with Gasteiger partial charge in [-0.3, -0.25) is 9.59 Å². The first-order chi connectivity index (χ1) is 15.1. The summed E-state index contributed by atoms with van der Waals surface area (Å²) in [5.74, 6) is 3.59. The van der Waals surface area contributed by atoms with Gasteiger partial charge in [0.25, 0.3) is 0 Å². The highest BCUT2D eigenvalue weighted by Crippen LogP contribution is 2.68. The van der Waals surface area contributed by atoms with Crippen LogP contribution in [-0.2, 0) is 14.3 Å². The van der Waals surface area contributed by atoms with Crippen LogP contribution in [0, 0.1) is 40.4 Å². The minimum Gasteiger partial charge on any atom is -0.456 e. The number of carbonyl (C=O) groups excluding carboxylic acids is 2. The normalized spacial score (nSPS) is 49.6. The molecule has 0 spiro atoms. The van der Waals surface area contributed by atoms with E-state index >= 15 is 0 Å². The molecule has 5 rings (SSSR count). The van der Waals surface area contributed by atoms with Gasteiger partial charge in [0.05, 0.1) is 20.1 Å². The summed E-state index contributed by atoms with van der Waals surface area (Å²) in [5.41, 5.74) is 0.585. The lowest BCUT2D eigenvalue weighted by molar-refractivity contribution is -0.927. The van der Waals surface area contributed by atoms with Crippen molar-refractivity contribution in [2.75, 3.05) is 20.1 Å². The summed E-state index contributed by atoms with van der Waals surface area (Å²) < 4.78 is 7.15. The van der Waals surface area contributed by atoms with E-state index in [0.29, 0.717) is 29.1 Å². The Morgan fingerprint density at radius 1 is 0.906 bits per heavy atom. The van der Waals surface area contributed by atoms with Crippen LogP contribution in [0.1, 0.15) is 91.9 Å². The maximum absolute atomic E-state index is 12.5. The molecule has 0 radical (unpaired) electrons. The molecule has 0 unspecified atom stereocenters. The van der Waals surface area contributed by atoms with Crippen LogP contribution in [0.3, 0.4) is 0 Å². The summed E-state index contributed by atoms with van der Waals surface area (Å²) in [6.07, 6.45) is 12.5. The summed E-state index contributed by atoms with van der Waals surface area (Å²) in [6.45, 7) is 11.0. The molecule has 4 nitrogen and oxygen atoms in total. The molecule has 0 bridgehead atoms. The van der Waals surface area contributed by atoms with E-state index in [4.69, 9.17) is 4.74 Å². The Morgan fingerprint density at radius 2 is 1.59 bits per heavy atom. The second-order valence-corrected chi connectivity index (χ2v) is 13.2. The Morgan fingerprint density at radius 3 is 2.25 bits per heavy atom. The zero-order valence-corrected chi connectivity index (χ0v) is 21.2. The zero-order chi connectivity index (χ0) is 22.9. The SMILES string of the molecule is CC(=O)O[C@H]1C[C@@H]2CC[C@@H]3[C@H](CC[C@]4(C)[C@@H](C(C)=O)CC[C@@H]34)[C@@]2(C)C[C@@H]1[N+]1(C)CCCC1. The number of ether oxygens (including phenoxy) is 1. The number of hydrogen-bond acceptors (Lipinski definition) is 3. The minimum absolute atomic E-state index is 0.0904. The van der Waals surface area contributed by atoms with Crippen molar-refractivity contribution in [1.82, 2.24) is 0 Å². The predicted molar refractivity (Wildman–Crippen MR) is 126 cm³/mol.